The normalized spacial score (nSPS) is 14.5. The Labute approximate surface area is 195 Å². The van der Waals surface area contributed by atoms with Gasteiger partial charge in [0.1, 0.15) is 11.2 Å². The van der Waals surface area contributed by atoms with E-state index < -0.39 is 5.41 Å². The van der Waals surface area contributed by atoms with E-state index in [0.29, 0.717) is 10.6 Å². The van der Waals surface area contributed by atoms with Crippen molar-refractivity contribution in [3.05, 3.63) is 118 Å². The minimum absolute atomic E-state index is 0.0899. The van der Waals surface area contributed by atoms with Crippen molar-refractivity contribution in [1.82, 2.24) is 0 Å². The van der Waals surface area contributed by atoms with Gasteiger partial charge in [-0.2, -0.15) is 0 Å². The van der Waals surface area contributed by atoms with E-state index in [9.17, 15) is 4.79 Å². The van der Waals surface area contributed by atoms with Crippen LogP contribution in [0.4, 0.5) is 5.69 Å². The van der Waals surface area contributed by atoms with Crippen LogP contribution in [-0.4, -0.2) is 17.9 Å². The molecule has 5 rings (SSSR count). The molecule has 0 atom stereocenters. The summed E-state index contributed by atoms with van der Waals surface area (Å²) in [5.41, 5.74) is 2.83. The lowest BCUT2D eigenvalue weighted by molar-refractivity contribution is 0.0953. The molecule has 1 aliphatic heterocycles. The number of hydrogen-bond donors (Lipinski definition) is 0. The van der Waals surface area contributed by atoms with Crippen molar-refractivity contribution in [3.8, 4) is 5.75 Å². The summed E-state index contributed by atoms with van der Waals surface area (Å²) in [7, 11) is 1.67. The van der Waals surface area contributed by atoms with Crippen LogP contribution in [0.15, 0.2) is 101 Å². The summed E-state index contributed by atoms with van der Waals surface area (Å²) in [6.45, 7) is 0. The molecule has 3 nitrogen and oxygen atoms in total. The van der Waals surface area contributed by atoms with Gasteiger partial charge in [0.05, 0.1) is 22.7 Å². The molecule has 32 heavy (non-hydrogen) atoms. The number of nitrogens with zero attached hydrogens (tertiary/aromatic N) is 1. The fraction of sp³-hybridized carbons (Fsp3) is 0.111. The van der Waals surface area contributed by atoms with Crippen molar-refractivity contribution < 1.29 is 9.53 Å². The lowest BCUT2D eigenvalue weighted by Crippen LogP contribution is -2.45. The van der Waals surface area contributed by atoms with Gasteiger partial charge in [-0.05, 0) is 40.3 Å². The Morgan fingerprint density at radius 2 is 1.50 bits per heavy atom. The molecule has 0 bridgehead atoms. The van der Waals surface area contributed by atoms with Crippen LogP contribution < -0.4 is 4.74 Å². The molecule has 0 unspecified atom stereocenters. The zero-order chi connectivity index (χ0) is 22.0. The second-order valence-corrected chi connectivity index (χ2v) is 9.38. The molecule has 3 aromatic carbocycles. The average Bonchev–Trinajstić information content (AvgIpc) is 3.33. The predicted octanol–water partition coefficient (Wildman–Crippen LogP) is 6.90. The van der Waals surface area contributed by atoms with Crippen LogP contribution in [0.2, 0.25) is 0 Å². The molecule has 1 aromatic heterocycles. The van der Waals surface area contributed by atoms with Gasteiger partial charge in [0.15, 0.2) is 5.78 Å². The molecular formula is C27H21NO2S2. The smallest absolute Gasteiger partial charge is 0.196 e. The highest BCUT2D eigenvalue weighted by Gasteiger charge is 2.50. The van der Waals surface area contributed by atoms with Crippen molar-refractivity contribution in [1.29, 1.82) is 0 Å². The molecule has 0 amide bonds. The maximum atomic E-state index is 14.2. The van der Waals surface area contributed by atoms with Crippen molar-refractivity contribution >= 4 is 39.6 Å². The highest BCUT2D eigenvalue weighted by atomic mass is 32.2. The van der Waals surface area contributed by atoms with Gasteiger partial charge in [0.2, 0.25) is 0 Å². The van der Waals surface area contributed by atoms with Crippen LogP contribution in [0.1, 0.15) is 26.4 Å². The number of ketones is 1. The molecule has 5 heteroatoms. The highest BCUT2D eigenvalue weighted by Crippen LogP contribution is 2.48. The largest absolute Gasteiger partial charge is 0.497 e. The van der Waals surface area contributed by atoms with Gasteiger partial charge in [-0.15, -0.1) is 23.1 Å². The van der Waals surface area contributed by atoms with Crippen LogP contribution in [-0.2, 0) is 11.2 Å². The van der Waals surface area contributed by atoms with Gasteiger partial charge in [-0.3, -0.25) is 4.79 Å². The van der Waals surface area contributed by atoms with Crippen molar-refractivity contribution in [2.75, 3.05) is 7.11 Å². The molecule has 0 fully saturated rings. The molecule has 0 saturated heterocycles. The number of rotatable bonds is 5. The first-order valence-corrected chi connectivity index (χ1v) is 12.2. The lowest BCUT2D eigenvalue weighted by Gasteiger charge is -2.36. The lowest BCUT2D eigenvalue weighted by atomic mass is 9.70. The Kier molecular flexibility index (Phi) is 5.68. The Balaban J connectivity index is 1.66. The van der Waals surface area contributed by atoms with E-state index in [0.717, 1.165) is 33.2 Å². The quantitative estimate of drug-likeness (QED) is 0.328. The zero-order valence-electron chi connectivity index (χ0n) is 17.5. The minimum Gasteiger partial charge on any atom is -0.497 e. The van der Waals surface area contributed by atoms with E-state index in [1.807, 2.05) is 84.2 Å². The van der Waals surface area contributed by atoms with E-state index in [-0.39, 0.29) is 5.78 Å². The molecule has 0 radical (unpaired) electrons. The number of carbonyl (C=O) groups excluding carboxylic acids is 1. The Morgan fingerprint density at radius 1 is 0.875 bits per heavy atom. The molecule has 0 saturated carbocycles. The molecule has 1 aliphatic rings. The average molecular weight is 456 g/mol. The number of aliphatic imine (C=N–C) groups is 1. The predicted molar refractivity (Wildman–Crippen MR) is 134 cm³/mol. The third-order valence-electron chi connectivity index (χ3n) is 5.68. The Hall–Kier alpha value is -3.15. The van der Waals surface area contributed by atoms with Gasteiger partial charge in [-0.1, -0.05) is 72.8 Å². The van der Waals surface area contributed by atoms with E-state index in [4.69, 9.17) is 9.73 Å². The minimum atomic E-state index is -0.961. The number of hydrogen-bond acceptors (Lipinski definition) is 5. The van der Waals surface area contributed by atoms with E-state index in [1.54, 1.807) is 18.9 Å². The van der Waals surface area contributed by atoms with Crippen LogP contribution in [0.25, 0.3) is 0 Å². The zero-order valence-corrected chi connectivity index (χ0v) is 19.2. The molecule has 158 valence electrons. The number of benzene rings is 3. The summed E-state index contributed by atoms with van der Waals surface area (Å²) < 4.78 is 5.28. The molecule has 4 aromatic rings. The fourth-order valence-electron chi connectivity index (χ4n) is 4.09. The SMILES string of the molecule is COc1ccc(CSC2=Nc3ccsc3C(=O)C2(c2ccccc2)c2ccccc2)cc1. The second kappa shape index (κ2) is 8.77. The van der Waals surface area contributed by atoms with Gasteiger partial charge in [-0.25, -0.2) is 4.99 Å². The van der Waals surface area contributed by atoms with Crippen molar-refractivity contribution in [2.24, 2.45) is 4.99 Å². The summed E-state index contributed by atoms with van der Waals surface area (Å²) in [4.78, 5) is 20.0. The highest BCUT2D eigenvalue weighted by molar-refractivity contribution is 8.13. The first kappa shape index (κ1) is 20.7. The van der Waals surface area contributed by atoms with E-state index in [1.165, 1.54) is 11.3 Å². The first-order chi connectivity index (χ1) is 15.7. The fourth-order valence-corrected chi connectivity index (χ4v) is 6.12. The number of thiophene rings is 1. The van der Waals surface area contributed by atoms with Crippen molar-refractivity contribution in [3.63, 3.8) is 0 Å². The van der Waals surface area contributed by atoms with Crippen molar-refractivity contribution in [2.45, 2.75) is 11.2 Å². The van der Waals surface area contributed by atoms with Gasteiger partial charge < -0.3 is 4.74 Å². The number of methoxy groups -OCH3 is 1. The number of thioether (sulfide) groups is 1. The molecule has 0 aliphatic carbocycles. The molecule has 0 spiro atoms. The molecule has 2 heterocycles. The summed E-state index contributed by atoms with van der Waals surface area (Å²) in [5, 5.41) is 2.76. The number of ether oxygens (including phenoxy) is 1. The summed E-state index contributed by atoms with van der Waals surface area (Å²) in [6.07, 6.45) is 0. The van der Waals surface area contributed by atoms with Gasteiger partial charge in [0.25, 0.3) is 0 Å². The third-order valence-corrected chi connectivity index (χ3v) is 7.73. The summed E-state index contributed by atoms with van der Waals surface area (Å²) in [5.74, 6) is 1.62. The summed E-state index contributed by atoms with van der Waals surface area (Å²) >= 11 is 3.09. The van der Waals surface area contributed by atoms with Gasteiger partial charge >= 0.3 is 0 Å². The van der Waals surface area contributed by atoms with Crippen LogP contribution in [0, 0.1) is 0 Å². The van der Waals surface area contributed by atoms with Gasteiger partial charge in [0, 0.05) is 5.75 Å². The number of carbonyl (C=O) groups is 1. The molecular weight excluding hydrogens is 434 g/mol. The number of Topliss-reactive ketones (excluding diaryl/α,β-unsaturated/α-hetero) is 1. The standard InChI is InChI=1S/C27H21NO2S2/c1-30-22-14-12-19(13-15-22)18-32-26-27(20-8-4-2-5-9-20,21-10-6-3-7-11-21)25(29)24-23(28-26)16-17-31-24/h2-17H,18H2,1H3. The first-order valence-electron chi connectivity index (χ1n) is 10.3. The Bertz CT molecular complexity index is 1220. The van der Waals surface area contributed by atoms with E-state index >= 15 is 0 Å². The van der Waals surface area contributed by atoms with Crippen LogP contribution in [0.3, 0.4) is 0 Å². The van der Waals surface area contributed by atoms with Crippen LogP contribution >= 0.6 is 23.1 Å². The topological polar surface area (TPSA) is 38.7 Å². The maximum absolute atomic E-state index is 14.2. The summed E-state index contributed by atoms with van der Waals surface area (Å²) in [6, 6.07) is 30.0. The second-order valence-electron chi connectivity index (χ2n) is 7.50. The molecule has 0 N–H and O–H groups in total. The van der Waals surface area contributed by atoms with Crippen LogP contribution in [0.5, 0.6) is 5.75 Å². The third kappa shape index (κ3) is 3.48. The number of fused-ring (bicyclic) bond motifs is 1. The Morgan fingerprint density at radius 3 is 2.09 bits per heavy atom. The maximum Gasteiger partial charge on any atom is 0.196 e. The van der Waals surface area contributed by atoms with E-state index in [2.05, 4.69) is 12.1 Å². The monoisotopic (exact) mass is 455 g/mol.